The van der Waals surface area contributed by atoms with E-state index in [0.29, 0.717) is 0 Å². The van der Waals surface area contributed by atoms with Crippen molar-refractivity contribution < 1.29 is 18.4 Å². The summed E-state index contributed by atoms with van der Waals surface area (Å²) in [6.45, 7) is 0.0884. The number of nitrogens with zero attached hydrogens (tertiary/aromatic N) is 1. The number of hydrogen-bond acceptors (Lipinski definition) is 6. The molecule has 0 spiro atoms. The molecule has 24 heavy (non-hydrogen) atoms. The highest BCUT2D eigenvalue weighted by Crippen LogP contribution is 2.32. The maximum atomic E-state index is 11.8. The largest absolute Gasteiger partial charge is 0.396 e. The molecular formula is C16H18N2O5S. The number of anilines is 1. The Labute approximate surface area is 140 Å². The van der Waals surface area contributed by atoms with Crippen LogP contribution in [0.2, 0.25) is 0 Å². The van der Waals surface area contributed by atoms with Gasteiger partial charge >= 0.3 is 5.69 Å². The summed E-state index contributed by atoms with van der Waals surface area (Å²) in [7, 11) is -3.73. The third-order valence-electron chi connectivity index (χ3n) is 3.61. The highest BCUT2D eigenvalue weighted by atomic mass is 32.2. The minimum absolute atomic E-state index is 0.109. The van der Waals surface area contributed by atoms with Crippen LogP contribution in [0.3, 0.4) is 0 Å². The molecule has 0 fully saturated rings. The zero-order chi connectivity index (χ0) is 17.7. The van der Waals surface area contributed by atoms with Gasteiger partial charge in [-0.2, -0.15) is 0 Å². The summed E-state index contributed by atoms with van der Waals surface area (Å²) in [5.74, 6) is -0.271. The first-order chi connectivity index (χ1) is 11.3. The highest BCUT2D eigenvalue weighted by molar-refractivity contribution is 7.90. The molecule has 0 radical (unpaired) electrons. The fraction of sp³-hybridized carbons (Fsp3) is 0.250. The third-order valence-corrected chi connectivity index (χ3v) is 4.74. The lowest BCUT2D eigenvalue weighted by Crippen LogP contribution is -2.17. The van der Waals surface area contributed by atoms with Gasteiger partial charge in [0.25, 0.3) is 0 Å². The van der Waals surface area contributed by atoms with Gasteiger partial charge in [0.15, 0.2) is 9.84 Å². The summed E-state index contributed by atoms with van der Waals surface area (Å²) in [6, 6.07) is 13.3. The second kappa shape index (κ2) is 7.41. The molecular weight excluding hydrogens is 332 g/mol. The lowest BCUT2D eigenvalue weighted by atomic mass is 10.00. The SMILES string of the molecule is CS(=O)(=O)c1cccc(NCC(CO)c2ccccc2)c1[N+](=O)[O-]. The van der Waals surface area contributed by atoms with Crippen LogP contribution in [0.4, 0.5) is 11.4 Å². The smallest absolute Gasteiger partial charge is 0.310 e. The first-order valence-electron chi connectivity index (χ1n) is 7.21. The molecule has 1 unspecified atom stereocenters. The maximum Gasteiger partial charge on any atom is 0.310 e. The molecule has 2 N–H and O–H groups in total. The van der Waals surface area contributed by atoms with E-state index in [0.717, 1.165) is 11.8 Å². The average Bonchev–Trinajstić information content (AvgIpc) is 2.55. The van der Waals surface area contributed by atoms with Crippen molar-refractivity contribution in [3.63, 3.8) is 0 Å². The van der Waals surface area contributed by atoms with Crippen molar-refractivity contribution in [1.29, 1.82) is 0 Å². The van der Waals surface area contributed by atoms with E-state index in [-0.39, 0.29) is 29.7 Å². The third kappa shape index (κ3) is 4.09. The van der Waals surface area contributed by atoms with E-state index in [2.05, 4.69) is 5.32 Å². The van der Waals surface area contributed by atoms with Crippen LogP contribution in [0.25, 0.3) is 0 Å². The van der Waals surface area contributed by atoms with Crippen molar-refractivity contribution in [2.75, 3.05) is 24.7 Å². The zero-order valence-electron chi connectivity index (χ0n) is 13.0. The minimum Gasteiger partial charge on any atom is -0.396 e. The van der Waals surface area contributed by atoms with Gasteiger partial charge in [0.1, 0.15) is 10.6 Å². The second-order valence-electron chi connectivity index (χ2n) is 5.35. The van der Waals surface area contributed by atoms with Gasteiger partial charge in [0.05, 0.1) is 11.5 Å². The van der Waals surface area contributed by atoms with E-state index >= 15 is 0 Å². The van der Waals surface area contributed by atoms with Crippen LogP contribution < -0.4 is 5.32 Å². The van der Waals surface area contributed by atoms with Crippen LogP contribution in [0, 0.1) is 10.1 Å². The van der Waals surface area contributed by atoms with Crippen molar-refractivity contribution >= 4 is 21.2 Å². The molecule has 0 aliphatic heterocycles. The topological polar surface area (TPSA) is 110 Å². The number of aliphatic hydroxyl groups excluding tert-OH is 1. The molecule has 0 heterocycles. The van der Waals surface area contributed by atoms with Gasteiger partial charge in [-0.3, -0.25) is 10.1 Å². The van der Waals surface area contributed by atoms with Gasteiger partial charge < -0.3 is 10.4 Å². The standard InChI is InChI=1S/C16H18N2O5S/c1-24(22,23)15-9-5-8-14(16(15)18(20)21)17-10-13(11-19)12-6-3-2-4-7-12/h2-9,13,17,19H,10-11H2,1H3. The Morgan fingerprint density at radius 1 is 1.17 bits per heavy atom. The Hall–Kier alpha value is -2.45. The number of nitrogens with one attached hydrogen (secondary N) is 1. The lowest BCUT2D eigenvalue weighted by molar-refractivity contribution is -0.386. The van der Waals surface area contributed by atoms with Crippen LogP contribution in [-0.2, 0) is 9.84 Å². The van der Waals surface area contributed by atoms with Crippen LogP contribution in [0.1, 0.15) is 11.5 Å². The van der Waals surface area contributed by atoms with Gasteiger partial charge in [-0.15, -0.1) is 0 Å². The quantitative estimate of drug-likeness (QED) is 0.585. The second-order valence-corrected chi connectivity index (χ2v) is 7.34. The molecule has 2 rings (SSSR count). The number of nitro groups is 1. The summed E-state index contributed by atoms with van der Waals surface area (Å²) in [5.41, 5.74) is 0.511. The van der Waals surface area contributed by atoms with Crippen molar-refractivity contribution in [2.24, 2.45) is 0 Å². The van der Waals surface area contributed by atoms with Crippen molar-refractivity contribution in [1.82, 2.24) is 0 Å². The molecule has 2 aromatic rings. The number of para-hydroxylation sites is 1. The Morgan fingerprint density at radius 3 is 2.38 bits per heavy atom. The van der Waals surface area contributed by atoms with E-state index in [4.69, 9.17) is 0 Å². The zero-order valence-corrected chi connectivity index (χ0v) is 13.9. The fourth-order valence-corrected chi connectivity index (χ4v) is 3.26. The van der Waals surface area contributed by atoms with Gasteiger partial charge in [0, 0.05) is 18.7 Å². The number of benzene rings is 2. The van der Waals surface area contributed by atoms with Gasteiger partial charge in [0.2, 0.25) is 0 Å². The maximum absolute atomic E-state index is 11.8. The Morgan fingerprint density at radius 2 is 1.83 bits per heavy atom. The number of sulfone groups is 1. The van der Waals surface area contributed by atoms with Gasteiger partial charge in [-0.25, -0.2) is 8.42 Å². The fourth-order valence-electron chi connectivity index (χ4n) is 2.40. The molecule has 0 aliphatic carbocycles. The molecule has 1 atom stereocenters. The van der Waals surface area contributed by atoms with E-state index in [1.54, 1.807) is 0 Å². The number of nitro benzene ring substituents is 1. The molecule has 2 aromatic carbocycles. The molecule has 0 saturated carbocycles. The van der Waals surface area contributed by atoms with Crippen molar-refractivity contribution in [2.45, 2.75) is 10.8 Å². The van der Waals surface area contributed by atoms with Crippen LogP contribution >= 0.6 is 0 Å². The lowest BCUT2D eigenvalue weighted by Gasteiger charge is -2.17. The predicted octanol–water partition coefficient (Wildman–Crippen LogP) is 2.19. The van der Waals surface area contributed by atoms with E-state index in [1.165, 1.54) is 18.2 Å². The van der Waals surface area contributed by atoms with Gasteiger partial charge in [-0.05, 0) is 17.7 Å². The Balaban J connectivity index is 2.31. The van der Waals surface area contributed by atoms with Crippen molar-refractivity contribution in [3.05, 3.63) is 64.2 Å². The molecule has 7 nitrogen and oxygen atoms in total. The van der Waals surface area contributed by atoms with Gasteiger partial charge in [-0.1, -0.05) is 36.4 Å². The van der Waals surface area contributed by atoms with Crippen LogP contribution in [-0.4, -0.2) is 37.9 Å². The first kappa shape index (κ1) is 17.9. The predicted molar refractivity (Wildman–Crippen MR) is 91.0 cm³/mol. The average molecular weight is 350 g/mol. The molecule has 8 heteroatoms. The molecule has 0 aromatic heterocycles. The summed E-state index contributed by atoms with van der Waals surface area (Å²) in [4.78, 5) is 10.3. The summed E-state index contributed by atoms with van der Waals surface area (Å²) < 4.78 is 23.5. The number of rotatable bonds is 7. The number of aliphatic hydroxyl groups is 1. The van der Waals surface area contributed by atoms with E-state index in [9.17, 15) is 23.6 Å². The Kier molecular flexibility index (Phi) is 5.53. The van der Waals surface area contributed by atoms with E-state index < -0.39 is 20.4 Å². The minimum atomic E-state index is -3.73. The monoisotopic (exact) mass is 350 g/mol. The highest BCUT2D eigenvalue weighted by Gasteiger charge is 2.26. The summed E-state index contributed by atoms with van der Waals surface area (Å²) >= 11 is 0. The molecule has 0 aliphatic rings. The molecule has 0 amide bonds. The summed E-state index contributed by atoms with van der Waals surface area (Å²) in [5, 5.41) is 23.8. The summed E-state index contributed by atoms with van der Waals surface area (Å²) in [6.07, 6.45) is 0.930. The molecule has 0 bridgehead atoms. The van der Waals surface area contributed by atoms with Crippen LogP contribution in [0.5, 0.6) is 0 Å². The first-order valence-corrected chi connectivity index (χ1v) is 9.11. The van der Waals surface area contributed by atoms with E-state index in [1.807, 2.05) is 30.3 Å². The number of hydrogen-bond donors (Lipinski definition) is 2. The van der Waals surface area contributed by atoms with Crippen molar-refractivity contribution in [3.8, 4) is 0 Å². The Bertz CT molecular complexity index is 822. The molecule has 128 valence electrons. The van der Waals surface area contributed by atoms with Crippen LogP contribution in [0.15, 0.2) is 53.4 Å². The normalized spacial score (nSPS) is 12.6. The molecule has 0 saturated heterocycles.